The van der Waals surface area contributed by atoms with Gasteiger partial charge in [-0.1, -0.05) is 44.0 Å². The molecule has 1 aromatic carbocycles. The van der Waals surface area contributed by atoms with E-state index in [1.807, 2.05) is 24.3 Å². The minimum Gasteiger partial charge on any atom is -0.326 e. The summed E-state index contributed by atoms with van der Waals surface area (Å²) in [6.07, 6.45) is 4.56. The second-order valence-electron chi connectivity index (χ2n) is 4.15. The molecule has 0 spiro atoms. The first-order valence-electron chi connectivity index (χ1n) is 6.06. The topological polar surface area (TPSA) is 43.1 Å². The molecule has 0 saturated heterocycles. The smallest absolute Gasteiger partial charge is 0.137 e. The van der Waals surface area contributed by atoms with Crippen molar-refractivity contribution < 1.29 is 4.79 Å². The molecule has 1 rings (SSSR count). The zero-order valence-electron chi connectivity index (χ0n) is 10.0. The summed E-state index contributed by atoms with van der Waals surface area (Å²) in [7, 11) is 0. The summed E-state index contributed by atoms with van der Waals surface area (Å²) in [4.78, 5) is 11.7. The molecule has 16 heavy (non-hydrogen) atoms. The van der Waals surface area contributed by atoms with Crippen LogP contribution in [-0.4, -0.2) is 5.78 Å². The fraction of sp³-hybridized carbons (Fsp3) is 0.500. The minimum atomic E-state index is 0.328. The summed E-state index contributed by atoms with van der Waals surface area (Å²) in [5.41, 5.74) is 7.82. The van der Waals surface area contributed by atoms with Crippen LogP contribution in [0, 0.1) is 0 Å². The van der Waals surface area contributed by atoms with Crippen LogP contribution in [0.15, 0.2) is 24.3 Å². The predicted molar refractivity (Wildman–Crippen MR) is 67.2 cm³/mol. The molecule has 88 valence electrons. The molecule has 2 N–H and O–H groups in total. The monoisotopic (exact) mass is 219 g/mol. The molecule has 1 aromatic rings. The van der Waals surface area contributed by atoms with Gasteiger partial charge >= 0.3 is 0 Å². The molecule has 0 amide bonds. The van der Waals surface area contributed by atoms with Gasteiger partial charge in [-0.2, -0.15) is 0 Å². The molecule has 0 aliphatic heterocycles. The number of carbonyl (C=O) groups excluding carboxylic acids is 1. The SMILES string of the molecule is CCCCCC(=O)Cc1ccccc1CN. The number of hydrogen-bond donors (Lipinski definition) is 1. The van der Waals surface area contributed by atoms with E-state index in [9.17, 15) is 4.79 Å². The number of nitrogens with two attached hydrogens (primary N) is 1. The van der Waals surface area contributed by atoms with Crippen molar-refractivity contribution in [2.75, 3.05) is 0 Å². The average Bonchev–Trinajstić information content (AvgIpc) is 2.30. The number of rotatable bonds is 7. The number of Topliss-reactive ketones (excluding diaryl/α,β-unsaturated/α-hetero) is 1. The van der Waals surface area contributed by atoms with Crippen LogP contribution in [0.1, 0.15) is 43.7 Å². The quantitative estimate of drug-likeness (QED) is 0.717. The zero-order chi connectivity index (χ0) is 11.8. The molecule has 0 aliphatic rings. The van der Waals surface area contributed by atoms with E-state index >= 15 is 0 Å². The second kappa shape index (κ2) is 7.18. The van der Waals surface area contributed by atoms with Crippen molar-refractivity contribution in [3.8, 4) is 0 Å². The van der Waals surface area contributed by atoms with E-state index in [2.05, 4.69) is 6.92 Å². The first kappa shape index (κ1) is 12.9. The molecule has 0 aliphatic carbocycles. The van der Waals surface area contributed by atoms with Gasteiger partial charge in [0.1, 0.15) is 5.78 Å². The Morgan fingerprint density at radius 3 is 2.50 bits per heavy atom. The predicted octanol–water partition coefficient (Wildman–Crippen LogP) is 2.84. The van der Waals surface area contributed by atoms with Crippen molar-refractivity contribution in [3.05, 3.63) is 35.4 Å². The van der Waals surface area contributed by atoms with E-state index in [-0.39, 0.29) is 0 Å². The van der Waals surface area contributed by atoms with Crippen molar-refractivity contribution in [1.82, 2.24) is 0 Å². The van der Waals surface area contributed by atoms with Gasteiger partial charge in [-0.25, -0.2) is 0 Å². The standard InChI is InChI=1S/C14H21NO/c1-2-3-4-9-14(16)10-12-7-5-6-8-13(12)11-15/h5-8H,2-4,9-11,15H2,1H3. The van der Waals surface area contributed by atoms with Gasteiger partial charge in [0.05, 0.1) is 0 Å². The zero-order valence-corrected chi connectivity index (χ0v) is 10.0. The van der Waals surface area contributed by atoms with Gasteiger partial charge in [0.2, 0.25) is 0 Å². The van der Waals surface area contributed by atoms with E-state index < -0.39 is 0 Å². The van der Waals surface area contributed by atoms with E-state index in [0.717, 1.165) is 30.4 Å². The molecule has 0 radical (unpaired) electrons. The third-order valence-corrected chi connectivity index (χ3v) is 2.79. The fourth-order valence-electron chi connectivity index (χ4n) is 1.80. The Kier molecular flexibility index (Phi) is 5.79. The summed E-state index contributed by atoms with van der Waals surface area (Å²) >= 11 is 0. The normalized spacial score (nSPS) is 10.4. The summed E-state index contributed by atoms with van der Waals surface area (Å²) < 4.78 is 0. The Morgan fingerprint density at radius 1 is 1.19 bits per heavy atom. The van der Waals surface area contributed by atoms with E-state index in [4.69, 9.17) is 5.73 Å². The molecule has 2 nitrogen and oxygen atoms in total. The Balaban J connectivity index is 2.49. The lowest BCUT2D eigenvalue weighted by Gasteiger charge is -2.06. The van der Waals surface area contributed by atoms with Crippen molar-refractivity contribution in [2.24, 2.45) is 5.73 Å². The van der Waals surface area contributed by atoms with Crippen molar-refractivity contribution in [1.29, 1.82) is 0 Å². The van der Waals surface area contributed by atoms with Gasteiger partial charge in [-0.3, -0.25) is 4.79 Å². The Morgan fingerprint density at radius 2 is 1.88 bits per heavy atom. The van der Waals surface area contributed by atoms with Crippen LogP contribution in [0.3, 0.4) is 0 Å². The molecule has 2 heteroatoms. The van der Waals surface area contributed by atoms with Crippen molar-refractivity contribution >= 4 is 5.78 Å². The van der Waals surface area contributed by atoms with Crippen LogP contribution in [0.25, 0.3) is 0 Å². The van der Waals surface area contributed by atoms with Crippen LogP contribution in [0.5, 0.6) is 0 Å². The van der Waals surface area contributed by atoms with Crippen LogP contribution in [-0.2, 0) is 17.8 Å². The summed E-state index contributed by atoms with van der Waals surface area (Å²) in [5, 5.41) is 0. The van der Waals surface area contributed by atoms with Crippen LogP contribution in [0.4, 0.5) is 0 Å². The van der Waals surface area contributed by atoms with Gasteiger partial charge in [-0.15, -0.1) is 0 Å². The number of unbranched alkanes of at least 4 members (excludes halogenated alkanes) is 2. The molecule has 0 fully saturated rings. The first-order chi connectivity index (χ1) is 7.77. The van der Waals surface area contributed by atoms with Crippen LogP contribution in [0.2, 0.25) is 0 Å². The van der Waals surface area contributed by atoms with Crippen LogP contribution < -0.4 is 5.73 Å². The van der Waals surface area contributed by atoms with Crippen molar-refractivity contribution in [2.45, 2.75) is 45.6 Å². The number of benzene rings is 1. The molecular formula is C14H21NO. The second-order valence-corrected chi connectivity index (χ2v) is 4.15. The number of carbonyl (C=O) groups is 1. The highest BCUT2D eigenvalue weighted by Gasteiger charge is 2.06. The minimum absolute atomic E-state index is 0.328. The van der Waals surface area contributed by atoms with Crippen LogP contribution >= 0.6 is 0 Å². The summed E-state index contributed by atoms with van der Waals surface area (Å²) in [6, 6.07) is 7.93. The molecular weight excluding hydrogens is 198 g/mol. The third-order valence-electron chi connectivity index (χ3n) is 2.79. The molecule has 0 saturated carbocycles. The molecule has 0 unspecified atom stereocenters. The van der Waals surface area contributed by atoms with Gasteiger partial charge < -0.3 is 5.73 Å². The van der Waals surface area contributed by atoms with Crippen molar-refractivity contribution in [3.63, 3.8) is 0 Å². The fourth-order valence-corrected chi connectivity index (χ4v) is 1.80. The Labute approximate surface area is 97.9 Å². The Bertz CT molecular complexity index is 333. The summed E-state index contributed by atoms with van der Waals surface area (Å²) in [6.45, 7) is 2.66. The molecule has 0 aromatic heterocycles. The Hall–Kier alpha value is -1.15. The lowest BCUT2D eigenvalue weighted by Crippen LogP contribution is -2.07. The van der Waals surface area contributed by atoms with Gasteiger partial charge in [0.25, 0.3) is 0 Å². The highest BCUT2D eigenvalue weighted by Crippen LogP contribution is 2.11. The lowest BCUT2D eigenvalue weighted by molar-refractivity contribution is -0.118. The summed E-state index contributed by atoms with van der Waals surface area (Å²) in [5.74, 6) is 0.328. The van der Waals surface area contributed by atoms with E-state index in [1.54, 1.807) is 0 Å². The van der Waals surface area contributed by atoms with Gasteiger partial charge in [-0.05, 0) is 17.5 Å². The number of ketones is 1. The molecule has 0 heterocycles. The van der Waals surface area contributed by atoms with E-state index in [0.29, 0.717) is 25.2 Å². The highest BCUT2D eigenvalue weighted by atomic mass is 16.1. The molecule has 0 atom stereocenters. The average molecular weight is 219 g/mol. The van der Waals surface area contributed by atoms with Gasteiger partial charge in [0.15, 0.2) is 0 Å². The maximum Gasteiger partial charge on any atom is 0.137 e. The van der Waals surface area contributed by atoms with E-state index in [1.165, 1.54) is 0 Å². The molecule has 0 bridgehead atoms. The maximum absolute atomic E-state index is 11.7. The first-order valence-corrected chi connectivity index (χ1v) is 6.06. The number of hydrogen-bond acceptors (Lipinski definition) is 2. The maximum atomic E-state index is 11.7. The lowest BCUT2D eigenvalue weighted by atomic mass is 10.00. The third kappa shape index (κ3) is 4.15. The highest BCUT2D eigenvalue weighted by molar-refractivity contribution is 5.81. The largest absolute Gasteiger partial charge is 0.326 e. The van der Waals surface area contributed by atoms with Gasteiger partial charge in [0, 0.05) is 19.4 Å².